The van der Waals surface area contributed by atoms with E-state index in [-0.39, 0.29) is 0 Å². The molecule has 1 rings (SSSR count). The highest BCUT2D eigenvalue weighted by Gasteiger charge is 2.41. The fraction of sp³-hybridized carbons (Fsp3) is 0.273. The molecule has 0 aromatic heterocycles. The highest BCUT2D eigenvalue weighted by Crippen LogP contribution is 2.39. The van der Waals surface area contributed by atoms with Crippen molar-refractivity contribution in [2.45, 2.75) is 18.8 Å². The molecule has 0 saturated heterocycles. The number of alkyl halides is 6. The number of hydrogen-bond acceptors (Lipinski definition) is 2. The van der Waals surface area contributed by atoms with Crippen molar-refractivity contribution in [3.8, 4) is 6.07 Å². The molecule has 0 aliphatic heterocycles. The average Bonchev–Trinajstić information content (AvgIpc) is 2.26. The molecule has 0 aliphatic carbocycles. The Morgan fingerprint density at radius 1 is 1.05 bits per heavy atom. The highest BCUT2D eigenvalue weighted by atomic mass is 19.4. The lowest BCUT2D eigenvalue weighted by Crippen LogP contribution is -2.19. The molecule has 0 saturated carbocycles. The highest BCUT2D eigenvalue weighted by molar-refractivity contribution is 6.02. The van der Waals surface area contributed by atoms with Gasteiger partial charge in [-0.15, -0.1) is 0 Å². The van der Waals surface area contributed by atoms with E-state index in [1.54, 1.807) is 0 Å². The Balaban J connectivity index is 3.61. The normalized spacial score (nSPS) is 12.1. The van der Waals surface area contributed by atoms with Crippen LogP contribution in [0.1, 0.15) is 23.1 Å². The lowest BCUT2D eigenvalue weighted by Gasteiger charge is -2.18. The van der Waals surface area contributed by atoms with Crippen LogP contribution in [0.5, 0.6) is 0 Å². The number of halogens is 6. The van der Waals surface area contributed by atoms with Crippen LogP contribution in [0.2, 0.25) is 0 Å². The molecule has 2 nitrogen and oxygen atoms in total. The van der Waals surface area contributed by atoms with E-state index in [1.807, 2.05) is 0 Å². The second-order valence-electron chi connectivity index (χ2n) is 3.54. The van der Waals surface area contributed by atoms with Crippen LogP contribution in [0.25, 0.3) is 0 Å². The van der Waals surface area contributed by atoms with Gasteiger partial charge in [-0.1, -0.05) is 6.07 Å². The van der Waals surface area contributed by atoms with E-state index in [0.717, 1.165) is 0 Å². The zero-order valence-corrected chi connectivity index (χ0v) is 9.15. The van der Waals surface area contributed by atoms with Crippen molar-refractivity contribution < 1.29 is 26.3 Å². The molecule has 1 aromatic rings. The van der Waals surface area contributed by atoms with Gasteiger partial charge in [-0.3, -0.25) is 0 Å². The standard InChI is InChI=1S/C11H6F6N2/c12-10(13,14)6-2-1-3-7(11(15,16)17)9(6)8(19)4-5-18/h1-3,19H,4H2. The summed E-state index contributed by atoms with van der Waals surface area (Å²) in [5.41, 5.74) is -5.43. The van der Waals surface area contributed by atoms with E-state index in [9.17, 15) is 26.3 Å². The Labute approximate surface area is 103 Å². The van der Waals surface area contributed by atoms with Crippen LogP contribution in [0.15, 0.2) is 18.2 Å². The van der Waals surface area contributed by atoms with Crippen molar-refractivity contribution in [2.75, 3.05) is 0 Å². The fourth-order valence-electron chi connectivity index (χ4n) is 1.52. The number of rotatable bonds is 2. The molecular formula is C11H6F6N2. The summed E-state index contributed by atoms with van der Waals surface area (Å²) in [6, 6.07) is 2.89. The van der Waals surface area contributed by atoms with Crippen molar-refractivity contribution in [1.29, 1.82) is 10.7 Å². The molecule has 0 fully saturated rings. The van der Waals surface area contributed by atoms with Crippen LogP contribution in [-0.2, 0) is 12.4 Å². The molecule has 102 valence electrons. The molecule has 0 unspecified atom stereocenters. The molecule has 0 atom stereocenters. The Bertz CT molecular complexity index is 503. The van der Waals surface area contributed by atoms with Crippen LogP contribution in [0, 0.1) is 16.7 Å². The van der Waals surface area contributed by atoms with Crippen LogP contribution in [0.4, 0.5) is 26.3 Å². The quantitative estimate of drug-likeness (QED) is 0.645. The SMILES string of the molecule is N#CCC(=N)c1c(C(F)(F)F)cccc1C(F)(F)F. The Kier molecular flexibility index (Phi) is 3.88. The summed E-state index contributed by atoms with van der Waals surface area (Å²) >= 11 is 0. The molecule has 0 bridgehead atoms. The summed E-state index contributed by atoms with van der Waals surface area (Å²) in [5, 5.41) is 15.6. The zero-order valence-electron chi connectivity index (χ0n) is 9.15. The van der Waals surface area contributed by atoms with Crippen LogP contribution >= 0.6 is 0 Å². The summed E-state index contributed by atoms with van der Waals surface area (Å²) in [4.78, 5) is 0. The van der Waals surface area contributed by atoms with Gasteiger partial charge in [0.1, 0.15) is 0 Å². The minimum Gasteiger partial charge on any atom is -0.304 e. The van der Waals surface area contributed by atoms with E-state index < -0.39 is 41.2 Å². The molecule has 0 radical (unpaired) electrons. The van der Waals surface area contributed by atoms with Gasteiger partial charge in [-0.05, 0) is 12.1 Å². The number of hydrogen-bond donors (Lipinski definition) is 1. The third kappa shape index (κ3) is 3.24. The van der Waals surface area contributed by atoms with E-state index in [4.69, 9.17) is 10.7 Å². The van der Waals surface area contributed by atoms with E-state index in [1.165, 1.54) is 6.07 Å². The van der Waals surface area contributed by atoms with E-state index >= 15 is 0 Å². The van der Waals surface area contributed by atoms with E-state index in [0.29, 0.717) is 18.2 Å². The molecular weight excluding hydrogens is 274 g/mol. The van der Waals surface area contributed by atoms with Crippen molar-refractivity contribution in [1.82, 2.24) is 0 Å². The first-order chi connectivity index (χ1) is 8.59. The number of benzene rings is 1. The van der Waals surface area contributed by atoms with E-state index in [2.05, 4.69) is 0 Å². The van der Waals surface area contributed by atoms with Gasteiger partial charge in [-0.25, -0.2) is 0 Å². The largest absolute Gasteiger partial charge is 0.417 e. The number of nitrogens with zero attached hydrogens (tertiary/aromatic N) is 1. The molecule has 8 heteroatoms. The molecule has 0 amide bonds. The maximum absolute atomic E-state index is 12.7. The predicted molar refractivity (Wildman–Crippen MR) is 53.5 cm³/mol. The second-order valence-corrected chi connectivity index (χ2v) is 3.54. The summed E-state index contributed by atoms with van der Waals surface area (Å²) in [6.07, 6.45) is -10.9. The van der Waals surface area contributed by atoms with Crippen molar-refractivity contribution >= 4 is 5.71 Å². The maximum atomic E-state index is 12.7. The summed E-state index contributed by atoms with van der Waals surface area (Å²) in [6.45, 7) is 0. The maximum Gasteiger partial charge on any atom is 0.417 e. The average molecular weight is 280 g/mol. The van der Waals surface area contributed by atoms with Crippen LogP contribution in [-0.4, -0.2) is 5.71 Å². The number of nitrogens with one attached hydrogen (secondary N) is 1. The predicted octanol–water partition coefficient (Wildman–Crippen LogP) is 4.01. The van der Waals surface area contributed by atoms with Crippen LogP contribution in [0.3, 0.4) is 0 Å². The lowest BCUT2D eigenvalue weighted by atomic mass is 9.94. The Morgan fingerprint density at radius 2 is 1.47 bits per heavy atom. The van der Waals surface area contributed by atoms with Gasteiger partial charge in [0.05, 0.1) is 29.3 Å². The summed E-state index contributed by atoms with van der Waals surface area (Å²) in [5.74, 6) is 0. The monoisotopic (exact) mass is 280 g/mol. The zero-order chi connectivity index (χ0) is 14.8. The van der Waals surface area contributed by atoms with Crippen molar-refractivity contribution in [3.63, 3.8) is 0 Å². The molecule has 0 spiro atoms. The van der Waals surface area contributed by atoms with Crippen LogP contribution < -0.4 is 0 Å². The number of nitriles is 1. The van der Waals surface area contributed by atoms with Gasteiger partial charge in [0.2, 0.25) is 0 Å². The first-order valence-electron chi connectivity index (χ1n) is 4.81. The molecule has 0 heterocycles. The smallest absolute Gasteiger partial charge is 0.304 e. The van der Waals surface area contributed by atoms with Crippen molar-refractivity contribution in [3.05, 3.63) is 34.9 Å². The topological polar surface area (TPSA) is 47.6 Å². The molecule has 1 aromatic carbocycles. The minimum absolute atomic E-state index is 0.455. The Morgan fingerprint density at radius 3 is 1.79 bits per heavy atom. The van der Waals surface area contributed by atoms with Gasteiger partial charge >= 0.3 is 12.4 Å². The van der Waals surface area contributed by atoms with Crippen molar-refractivity contribution in [2.24, 2.45) is 0 Å². The summed E-state index contributed by atoms with van der Waals surface area (Å²) < 4.78 is 76.0. The fourth-order valence-corrected chi connectivity index (χ4v) is 1.52. The van der Waals surface area contributed by atoms with Gasteiger partial charge < -0.3 is 5.41 Å². The minimum atomic E-state index is -5.03. The third-order valence-corrected chi connectivity index (χ3v) is 2.23. The lowest BCUT2D eigenvalue weighted by molar-refractivity contribution is -0.143. The van der Waals surface area contributed by atoms with Gasteiger partial charge in [0, 0.05) is 5.56 Å². The first kappa shape index (κ1) is 15.0. The molecule has 0 aliphatic rings. The second kappa shape index (κ2) is 4.91. The van der Waals surface area contributed by atoms with Gasteiger partial charge in [0.15, 0.2) is 0 Å². The van der Waals surface area contributed by atoms with Gasteiger partial charge in [0.25, 0.3) is 0 Å². The first-order valence-corrected chi connectivity index (χ1v) is 4.81. The van der Waals surface area contributed by atoms with Gasteiger partial charge in [-0.2, -0.15) is 31.6 Å². The molecule has 19 heavy (non-hydrogen) atoms. The third-order valence-electron chi connectivity index (χ3n) is 2.23. The summed E-state index contributed by atoms with van der Waals surface area (Å²) in [7, 11) is 0. The molecule has 1 N–H and O–H groups in total. The Hall–Kier alpha value is -2.04.